The highest BCUT2D eigenvalue weighted by Gasteiger charge is 2.21. The molecule has 2 atom stereocenters. The van der Waals surface area contributed by atoms with Crippen molar-refractivity contribution in [2.75, 3.05) is 11.5 Å². The fourth-order valence-corrected chi connectivity index (χ4v) is 5.92. The summed E-state index contributed by atoms with van der Waals surface area (Å²) in [4.78, 5) is 8.07. The van der Waals surface area contributed by atoms with Gasteiger partial charge in [0, 0.05) is 49.7 Å². The number of ether oxygens (including phenoxy) is 2. The molecule has 14 heteroatoms. The number of nitrogens with zero attached hydrogens (tertiary/aromatic N) is 2. The van der Waals surface area contributed by atoms with Gasteiger partial charge >= 0.3 is 0 Å². The van der Waals surface area contributed by atoms with Crippen LogP contribution in [0.3, 0.4) is 0 Å². The Kier molecular flexibility index (Phi) is 12.8. The number of nitrogens with two attached hydrogens (primary N) is 2. The molecule has 0 saturated heterocycles. The van der Waals surface area contributed by atoms with Crippen LogP contribution in [0.4, 0.5) is 20.4 Å². The van der Waals surface area contributed by atoms with Crippen molar-refractivity contribution in [1.82, 2.24) is 9.97 Å². The van der Waals surface area contributed by atoms with Gasteiger partial charge in [-0.1, -0.05) is 72.0 Å². The first kappa shape index (κ1) is 36.7. The second-order valence-electron chi connectivity index (χ2n) is 10.7. The Morgan fingerprint density at radius 2 is 1.22 bits per heavy atom. The maximum atomic E-state index is 13.7. The number of hydrogen-bond donors (Lipinski definition) is 2. The Bertz CT molecular complexity index is 1770. The normalized spacial score (nSPS) is 12.3. The van der Waals surface area contributed by atoms with Crippen molar-refractivity contribution in [3.8, 4) is 23.0 Å². The quantitative estimate of drug-likeness (QED) is 0.115. The smallest absolute Gasteiger partial charge is 0.166 e. The van der Waals surface area contributed by atoms with Gasteiger partial charge in [-0.05, 0) is 60.1 Å². The molecule has 0 aliphatic heterocycles. The van der Waals surface area contributed by atoms with Gasteiger partial charge in [0.15, 0.2) is 23.1 Å². The number of aromatic nitrogens is 2. The third-order valence-electron chi connectivity index (χ3n) is 5.89. The van der Waals surface area contributed by atoms with E-state index in [-0.39, 0.29) is 21.7 Å². The van der Waals surface area contributed by atoms with Crippen LogP contribution in [-0.4, -0.2) is 18.0 Å². The van der Waals surface area contributed by atoms with Crippen LogP contribution in [0.15, 0.2) is 53.3 Å². The van der Waals surface area contributed by atoms with Gasteiger partial charge in [-0.25, -0.2) is 18.7 Å². The SMILES string of the molecule is CC(Oc1cc(Br)cnc1N)c1c(Cl)ccc(F)c1Cl.CC(Oc1cc(C#C[Si](C)(C)C)cnc1N)c1c(Cl)ccc(F)c1Cl. The monoisotopic (exact) mass is 774 g/mol. The average molecular weight is 777 g/mol. The maximum Gasteiger partial charge on any atom is 0.166 e. The predicted octanol–water partition coefficient (Wildman–Crippen LogP) is 10.5. The highest BCUT2D eigenvalue weighted by molar-refractivity contribution is 9.10. The number of halogens is 7. The van der Waals surface area contributed by atoms with E-state index in [2.05, 4.69) is 57.0 Å². The van der Waals surface area contributed by atoms with Crippen LogP contribution in [0.25, 0.3) is 0 Å². The van der Waals surface area contributed by atoms with Crippen molar-refractivity contribution in [1.29, 1.82) is 0 Å². The molecule has 0 spiro atoms. The van der Waals surface area contributed by atoms with Gasteiger partial charge in [0.25, 0.3) is 0 Å². The Hall–Kier alpha value is -2.78. The molecule has 0 amide bonds. The Balaban J connectivity index is 0.000000251. The fraction of sp³-hybridized carbons (Fsp3) is 0.226. The van der Waals surface area contributed by atoms with E-state index in [4.69, 9.17) is 67.3 Å². The van der Waals surface area contributed by atoms with E-state index in [0.717, 1.165) is 0 Å². The van der Waals surface area contributed by atoms with E-state index in [1.807, 2.05) is 0 Å². The number of rotatable bonds is 6. The summed E-state index contributed by atoms with van der Waals surface area (Å²) in [6.07, 6.45) is 1.96. The fourth-order valence-electron chi connectivity index (χ4n) is 3.73. The largest absolute Gasteiger partial charge is 0.482 e. The number of hydrogen-bond acceptors (Lipinski definition) is 6. The standard InChI is InChI=1S/C18H19Cl2FN2OSi.C13H10BrCl2FN2O/c1-11(16-13(19)5-6-14(21)17(16)20)24-15-9-12(10-23-18(15)22)7-8-25(2,3)4;1-6(11-8(15)2-3-9(17)12(11)16)20-10-4-7(14)5-19-13(10)18/h5-6,9-11H,1-4H3,(H2,22,23);2-6H,1H3,(H2,18,19). The van der Waals surface area contributed by atoms with Crippen LogP contribution in [0.2, 0.25) is 39.7 Å². The third-order valence-corrected chi connectivity index (χ3v) is 8.63. The summed E-state index contributed by atoms with van der Waals surface area (Å²) in [6, 6.07) is 8.67. The number of nitrogen functional groups attached to an aromatic ring is 2. The first-order chi connectivity index (χ1) is 21.0. The van der Waals surface area contributed by atoms with Gasteiger partial charge in [-0.2, -0.15) is 0 Å². The van der Waals surface area contributed by atoms with Crippen molar-refractivity contribution in [3.63, 3.8) is 0 Å². The molecule has 0 saturated carbocycles. The van der Waals surface area contributed by atoms with Gasteiger partial charge < -0.3 is 20.9 Å². The summed E-state index contributed by atoms with van der Waals surface area (Å²) in [6.45, 7) is 9.87. The Labute approximate surface area is 290 Å². The number of benzene rings is 2. The molecule has 0 bridgehead atoms. The van der Waals surface area contributed by atoms with Gasteiger partial charge in [-0.15, -0.1) is 5.54 Å². The second-order valence-corrected chi connectivity index (χ2v) is 17.9. The van der Waals surface area contributed by atoms with Gasteiger partial charge in [0.2, 0.25) is 0 Å². The predicted molar refractivity (Wildman–Crippen MR) is 186 cm³/mol. The molecule has 4 aromatic rings. The lowest BCUT2D eigenvalue weighted by molar-refractivity contribution is 0.227. The highest BCUT2D eigenvalue weighted by Crippen LogP contribution is 2.37. The molecule has 0 aliphatic rings. The average Bonchev–Trinajstić information content (AvgIpc) is 2.95. The van der Waals surface area contributed by atoms with Crippen molar-refractivity contribution in [2.24, 2.45) is 0 Å². The van der Waals surface area contributed by atoms with Crippen molar-refractivity contribution >= 4 is 82.0 Å². The molecule has 0 fully saturated rings. The lowest BCUT2D eigenvalue weighted by Crippen LogP contribution is -2.16. The molecule has 45 heavy (non-hydrogen) atoms. The molecular formula is C31H29BrCl4F2N4O2Si. The Morgan fingerprint density at radius 1 is 0.778 bits per heavy atom. The molecular weight excluding hydrogens is 748 g/mol. The van der Waals surface area contributed by atoms with Crippen LogP contribution in [-0.2, 0) is 0 Å². The zero-order chi connectivity index (χ0) is 33.6. The molecule has 0 aliphatic carbocycles. The first-order valence-corrected chi connectivity index (χ1v) is 19.1. The zero-order valence-corrected chi connectivity index (χ0v) is 30.4. The summed E-state index contributed by atoms with van der Waals surface area (Å²) in [5.41, 5.74) is 16.3. The lowest BCUT2D eigenvalue weighted by Gasteiger charge is -2.19. The van der Waals surface area contributed by atoms with E-state index >= 15 is 0 Å². The third kappa shape index (κ3) is 10.1. The molecule has 2 heterocycles. The highest BCUT2D eigenvalue weighted by atomic mass is 79.9. The van der Waals surface area contributed by atoms with E-state index < -0.39 is 31.9 Å². The van der Waals surface area contributed by atoms with E-state index in [0.29, 0.717) is 42.7 Å². The lowest BCUT2D eigenvalue weighted by atomic mass is 10.1. The van der Waals surface area contributed by atoms with E-state index in [1.165, 1.54) is 24.3 Å². The zero-order valence-electron chi connectivity index (χ0n) is 24.8. The Morgan fingerprint density at radius 3 is 1.69 bits per heavy atom. The molecule has 2 aromatic carbocycles. The van der Waals surface area contributed by atoms with Gasteiger partial charge in [-0.3, -0.25) is 0 Å². The minimum Gasteiger partial charge on any atom is -0.482 e. The van der Waals surface area contributed by atoms with Crippen LogP contribution >= 0.6 is 62.3 Å². The van der Waals surface area contributed by atoms with Crippen LogP contribution < -0.4 is 20.9 Å². The molecule has 2 unspecified atom stereocenters. The summed E-state index contributed by atoms with van der Waals surface area (Å²) in [7, 11) is -1.51. The number of pyridine rings is 2. The minimum atomic E-state index is -1.51. The minimum absolute atomic E-state index is 0.0634. The summed E-state index contributed by atoms with van der Waals surface area (Å²) in [5, 5.41) is 0.512. The maximum absolute atomic E-state index is 13.7. The van der Waals surface area contributed by atoms with Crippen LogP contribution in [0.1, 0.15) is 42.7 Å². The second kappa shape index (κ2) is 15.7. The van der Waals surface area contributed by atoms with Gasteiger partial charge in [0.1, 0.15) is 31.9 Å². The summed E-state index contributed by atoms with van der Waals surface area (Å²) < 4.78 is 39.5. The van der Waals surface area contributed by atoms with E-state index in [1.54, 1.807) is 38.4 Å². The molecule has 238 valence electrons. The van der Waals surface area contributed by atoms with Crippen molar-refractivity contribution in [2.45, 2.75) is 45.7 Å². The van der Waals surface area contributed by atoms with E-state index in [9.17, 15) is 8.78 Å². The summed E-state index contributed by atoms with van der Waals surface area (Å²) in [5.74, 6) is 3.15. The molecule has 2 aromatic heterocycles. The molecule has 0 radical (unpaired) electrons. The molecule has 4 N–H and O–H groups in total. The van der Waals surface area contributed by atoms with Crippen LogP contribution in [0.5, 0.6) is 11.5 Å². The topological polar surface area (TPSA) is 96.3 Å². The van der Waals surface area contributed by atoms with Gasteiger partial charge in [0.05, 0.1) is 10.0 Å². The first-order valence-electron chi connectivity index (χ1n) is 13.3. The molecule has 6 nitrogen and oxygen atoms in total. The van der Waals surface area contributed by atoms with Crippen molar-refractivity contribution in [3.05, 3.63) is 102 Å². The number of anilines is 2. The van der Waals surface area contributed by atoms with Crippen LogP contribution in [0, 0.1) is 23.1 Å². The van der Waals surface area contributed by atoms with Crippen molar-refractivity contribution < 1.29 is 18.3 Å². The molecule has 4 rings (SSSR count). The summed E-state index contributed by atoms with van der Waals surface area (Å²) >= 11 is 27.4.